The molecule has 0 radical (unpaired) electrons. The van der Waals surface area contributed by atoms with Gasteiger partial charge in [-0.15, -0.1) is 0 Å². The molecule has 8 nitrogen and oxygen atoms in total. The zero-order valence-electron chi connectivity index (χ0n) is 20.8. The molecule has 196 valence electrons. The molecule has 0 fully saturated rings. The first-order chi connectivity index (χ1) is 18.9. The fourth-order valence-electron chi connectivity index (χ4n) is 4.37. The third kappa shape index (κ3) is 5.06. The summed E-state index contributed by atoms with van der Waals surface area (Å²) in [4.78, 5) is 51.8. The van der Waals surface area contributed by atoms with Crippen LogP contribution in [0.25, 0.3) is 28.4 Å². The van der Waals surface area contributed by atoms with Crippen molar-refractivity contribution in [3.63, 3.8) is 0 Å². The maximum atomic E-state index is 13.6. The van der Waals surface area contributed by atoms with Gasteiger partial charge in [0.25, 0.3) is 11.8 Å². The predicted molar refractivity (Wildman–Crippen MR) is 146 cm³/mol. The van der Waals surface area contributed by atoms with Crippen molar-refractivity contribution in [2.75, 3.05) is 20.3 Å². The van der Waals surface area contributed by atoms with E-state index in [1.54, 1.807) is 54.6 Å². The molecule has 0 N–H and O–H groups in total. The molecule has 0 saturated heterocycles. The first-order valence-corrected chi connectivity index (χ1v) is 12.5. The number of nitrogens with zero attached hydrogens (tertiary/aromatic N) is 1. The number of amides is 2. The summed E-state index contributed by atoms with van der Waals surface area (Å²) in [6, 6.07) is 18.7. The second-order valence-corrected chi connectivity index (χ2v) is 9.13. The number of benzene rings is 3. The first-order valence-electron chi connectivity index (χ1n) is 12.1. The Morgan fingerprint density at radius 3 is 2.31 bits per heavy atom. The SMILES string of the molecule is COC(=O)/C=C/c1cc(Cl)cc2c(=O)c(OCCCN3C(=O)c4ccccc4C3=O)c(-c3ccccc3)oc12. The van der Waals surface area contributed by atoms with Crippen molar-refractivity contribution in [3.05, 3.63) is 105 Å². The van der Waals surface area contributed by atoms with E-state index in [1.165, 1.54) is 30.2 Å². The lowest BCUT2D eigenvalue weighted by molar-refractivity contribution is -0.134. The van der Waals surface area contributed by atoms with Crippen molar-refractivity contribution in [1.82, 2.24) is 4.90 Å². The fourth-order valence-corrected chi connectivity index (χ4v) is 4.60. The third-order valence-corrected chi connectivity index (χ3v) is 6.45. The number of methoxy groups -OCH3 is 1. The quantitative estimate of drug-likeness (QED) is 0.127. The minimum absolute atomic E-state index is 0.0266. The summed E-state index contributed by atoms with van der Waals surface area (Å²) in [5.74, 6) is -1.11. The fraction of sp³-hybridized carbons (Fsp3) is 0.133. The van der Waals surface area contributed by atoms with E-state index in [9.17, 15) is 19.2 Å². The van der Waals surface area contributed by atoms with Crippen LogP contribution in [0.15, 0.2) is 82.0 Å². The lowest BCUT2D eigenvalue weighted by Crippen LogP contribution is -2.31. The lowest BCUT2D eigenvalue weighted by atomic mass is 10.1. The number of hydrogen-bond donors (Lipinski definition) is 0. The average Bonchev–Trinajstić information content (AvgIpc) is 3.20. The highest BCUT2D eigenvalue weighted by molar-refractivity contribution is 6.31. The zero-order valence-corrected chi connectivity index (χ0v) is 21.6. The lowest BCUT2D eigenvalue weighted by Gasteiger charge is -2.15. The minimum atomic E-state index is -0.577. The van der Waals surface area contributed by atoms with Crippen LogP contribution in [0.3, 0.4) is 0 Å². The number of halogens is 1. The van der Waals surface area contributed by atoms with E-state index in [0.29, 0.717) is 28.7 Å². The van der Waals surface area contributed by atoms with E-state index in [-0.39, 0.29) is 52.5 Å². The van der Waals surface area contributed by atoms with E-state index in [1.807, 2.05) is 6.07 Å². The number of hydrogen-bond acceptors (Lipinski definition) is 7. The van der Waals surface area contributed by atoms with Crippen LogP contribution in [0.2, 0.25) is 5.02 Å². The third-order valence-electron chi connectivity index (χ3n) is 6.23. The standard InChI is InChI=1S/C30H22ClNO7/c1-37-24(33)13-12-19-16-20(31)17-23-25(34)28(27(39-26(19)23)18-8-3-2-4-9-18)38-15-7-14-32-29(35)21-10-5-6-11-22(21)30(32)36/h2-6,8-13,16-17H,7,14-15H2,1H3/b13-12+. The Morgan fingerprint density at radius 2 is 1.64 bits per heavy atom. The minimum Gasteiger partial charge on any atom is -0.486 e. The summed E-state index contributed by atoms with van der Waals surface area (Å²) in [5.41, 5.74) is 1.53. The average molecular weight is 544 g/mol. The second-order valence-electron chi connectivity index (χ2n) is 8.69. The Balaban J connectivity index is 1.46. The Hall–Kier alpha value is -4.69. The number of carbonyl (C=O) groups is 3. The zero-order chi connectivity index (χ0) is 27.5. The molecule has 0 spiro atoms. The summed E-state index contributed by atoms with van der Waals surface area (Å²) < 4.78 is 16.8. The summed E-state index contributed by atoms with van der Waals surface area (Å²) in [6.07, 6.45) is 2.96. The molecule has 4 aromatic rings. The molecule has 0 bridgehead atoms. The largest absolute Gasteiger partial charge is 0.486 e. The van der Waals surface area contributed by atoms with E-state index >= 15 is 0 Å². The van der Waals surface area contributed by atoms with Gasteiger partial charge in [0, 0.05) is 28.8 Å². The molecule has 0 aliphatic carbocycles. The van der Waals surface area contributed by atoms with Crippen molar-refractivity contribution < 1.29 is 28.3 Å². The topological polar surface area (TPSA) is 103 Å². The van der Waals surface area contributed by atoms with Crippen LogP contribution >= 0.6 is 11.6 Å². The molecule has 1 aliphatic heterocycles. The highest BCUT2D eigenvalue weighted by Crippen LogP contribution is 2.34. The highest BCUT2D eigenvalue weighted by atomic mass is 35.5. The first kappa shape index (κ1) is 25.9. The van der Waals surface area contributed by atoms with Crippen LogP contribution in [0.4, 0.5) is 0 Å². The normalized spacial score (nSPS) is 12.8. The van der Waals surface area contributed by atoms with Gasteiger partial charge in [-0.1, -0.05) is 54.1 Å². The van der Waals surface area contributed by atoms with Crippen molar-refractivity contribution in [3.8, 4) is 17.1 Å². The molecular weight excluding hydrogens is 522 g/mol. The summed E-state index contributed by atoms with van der Waals surface area (Å²) >= 11 is 6.28. The molecule has 0 atom stereocenters. The Bertz CT molecular complexity index is 1660. The van der Waals surface area contributed by atoms with Crippen molar-refractivity contribution in [2.24, 2.45) is 0 Å². The summed E-state index contributed by atoms with van der Waals surface area (Å²) in [5, 5.41) is 0.436. The maximum Gasteiger partial charge on any atom is 0.330 e. The Morgan fingerprint density at radius 1 is 0.974 bits per heavy atom. The Kier molecular flexibility index (Phi) is 7.29. The molecule has 5 rings (SSSR count). The van der Waals surface area contributed by atoms with Gasteiger partial charge in [-0.25, -0.2) is 4.79 Å². The second kappa shape index (κ2) is 11.0. The van der Waals surface area contributed by atoms with Crippen LogP contribution in [0, 0.1) is 0 Å². The molecule has 2 amide bonds. The molecule has 9 heteroatoms. The van der Waals surface area contributed by atoms with Gasteiger partial charge in [0.1, 0.15) is 5.58 Å². The molecule has 2 heterocycles. The molecule has 3 aromatic carbocycles. The van der Waals surface area contributed by atoms with Crippen LogP contribution in [0.1, 0.15) is 32.7 Å². The number of fused-ring (bicyclic) bond motifs is 2. The number of imide groups is 1. The van der Waals surface area contributed by atoms with Gasteiger partial charge >= 0.3 is 5.97 Å². The van der Waals surface area contributed by atoms with Crippen LogP contribution in [-0.2, 0) is 9.53 Å². The monoisotopic (exact) mass is 543 g/mol. The van der Waals surface area contributed by atoms with Crippen LogP contribution < -0.4 is 10.2 Å². The summed E-state index contributed by atoms with van der Waals surface area (Å²) in [7, 11) is 1.26. The number of esters is 1. The van der Waals surface area contributed by atoms with Gasteiger partial charge in [-0.3, -0.25) is 19.3 Å². The highest BCUT2D eigenvalue weighted by Gasteiger charge is 2.34. The number of ether oxygens (including phenoxy) is 2. The Labute approximate surface area is 228 Å². The van der Waals surface area contributed by atoms with Gasteiger partial charge in [-0.2, -0.15) is 0 Å². The molecular formula is C30H22ClNO7. The molecule has 0 saturated carbocycles. The number of rotatable bonds is 8. The van der Waals surface area contributed by atoms with E-state index in [0.717, 1.165) is 0 Å². The van der Waals surface area contributed by atoms with Crippen molar-refractivity contribution >= 4 is 46.4 Å². The number of carbonyl (C=O) groups excluding carboxylic acids is 3. The van der Waals surface area contributed by atoms with Crippen LogP contribution in [-0.4, -0.2) is 42.9 Å². The van der Waals surface area contributed by atoms with Gasteiger partial charge in [0.2, 0.25) is 11.2 Å². The van der Waals surface area contributed by atoms with Gasteiger partial charge in [0.15, 0.2) is 5.76 Å². The van der Waals surface area contributed by atoms with Gasteiger partial charge in [0.05, 0.1) is 30.2 Å². The smallest absolute Gasteiger partial charge is 0.330 e. The molecule has 39 heavy (non-hydrogen) atoms. The van der Waals surface area contributed by atoms with E-state index < -0.39 is 11.4 Å². The molecule has 1 aromatic heterocycles. The predicted octanol–water partition coefficient (Wildman–Crippen LogP) is 5.36. The molecule has 0 unspecified atom stereocenters. The maximum absolute atomic E-state index is 13.6. The van der Waals surface area contributed by atoms with E-state index in [2.05, 4.69) is 4.74 Å². The van der Waals surface area contributed by atoms with Crippen molar-refractivity contribution in [1.29, 1.82) is 0 Å². The van der Waals surface area contributed by atoms with Gasteiger partial charge < -0.3 is 13.9 Å². The molecule has 1 aliphatic rings. The summed E-state index contributed by atoms with van der Waals surface area (Å²) in [6.45, 7) is 0.166. The van der Waals surface area contributed by atoms with Gasteiger partial charge in [-0.05, 0) is 36.8 Å². The van der Waals surface area contributed by atoms with E-state index in [4.69, 9.17) is 20.8 Å². The van der Waals surface area contributed by atoms with Crippen LogP contribution in [0.5, 0.6) is 5.75 Å². The van der Waals surface area contributed by atoms with Crippen molar-refractivity contribution in [2.45, 2.75) is 6.42 Å².